The summed E-state index contributed by atoms with van der Waals surface area (Å²) >= 11 is 0. The Bertz CT molecular complexity index is 603. The van der Waals surface area contributed by atoms with Crippen molar-refractivity contribution in [3.8, 4) is 0 Å². The molecule has 23 heavy (non-hydrogen) atoms. The van der Waals surface area contributed by atoms with E-state index in [-0.39, 0.29) is 24.1 Å². The second-order valence-electron chi connectivity index (χ2n) is 5.58. The van der Waals surface area contributed by atoms with Crippen molar-refractivity contribution >= 4 is 23.6 Å². The lowest BCUT2D eigenvalue weighted by atomic mass is 10.0. The van der Waals surface area contributed by atoms with Gasteiger partial charge in [0.05, 0.1) is 5.56 Å². The predicted octanol–water partition coefficient (Wildman–Crippen LogP) is 1.73. The van der Waals surface area contributed by atoms with Crippen molar-refractivity contribution in [2.75, 3.05) is 18.5 Å². The summed E-state index contributed by atoms with van der Waals surface area (Å²) in [5.41, 5.74) is 5.67. The van der Waals surface area contributed by atoms with Gasteiger partial charge in [0.1, 0.15) is 0 Å². The van der Waals surface area contributed by atoms with Gasteiger partial charge < -0.3 is 20.7 Å². The number of nitrogens with zero attached hydrogens (tertiary/aromatic N) is 1. The van der Waals surface area contributed by atoms with Crippen molar-refractivity contribution in [3.63, 3.8) is 0 Å². The number of amides is 3. The molecular formula is C16H21N3O4. The molecule has 1 aliphatic heterocycles. The maximum absolute atomic E-state index is 12.1. The normalized spacial score (nSPS) is 17.4. The summed E-state index contributed by atoms with van der Waals surface area (Å²) in [6.07, 6.45) is 3.07. The molecule has 1 aromatic rings. The van der Waals surface area contributed by atoms with E-state index >= 15 is 0 Å². The van der Waals surface area contributed by atoms with E-state index in [1.807, 2.05) is 6.92 Å². The molecule has 7 nitrogen and oxygen atoms in total. The Morgan fingerprint density at radius 3 is 2.83 bits per heavy atom. The third-order valence-electron chi connectivity index (χ3n) is 3.82. The highest BCUT2D eigenvalue weighted by Crippen LogP contribution is 2.17. The Labute approximate surface area is 134 Å². The lowest BCUT2D eigenvalue weighted by molar-refractivity contribution is -0.137. The maximum Gasteiger partial charge on any atom is 0.338 e. The van der Waals surface area contributed by atoms with Gasteiger partial charge in [-0.15, -0.1) is 0 Å². The van der Waals surface area contributed by atoms with Crippen LogP contribution in [0.15, 0.2) is 24.3 Å². The van der Waals surface area contributed by atoms with E-state index in [1.54, 1.807) is 23.1 Å². The Balaban J connectivity index is 1.91. The van der Waals surface area contributed by atoms with E-state index in [2.05, 4.69) is 5.32 Å². The summed E-state index contributed by atoms with van der Waals surface area (Å²) in [7, 11) is 0. The van der Waals surface area contributed by atoms with Crippen LogP contribution in [0.3, 0.4) is 0 Å². The smallest absolute Gasteiger partial charge is 0.338 e. The van der Waals surface area contributed by atoms with Crippen LogP contribution in [0.5, 0.6) is 0 Å². The molecule has 1 aromatic carbocycles. The predicted molar refractivity (Wildman–Crippen MR) is 85.0 cm³/mol. The summed E-state index contributed by atoms with van der Waals surface area (Å²) in [5.74, 6) is -0.798. The van der Waals surface area contributed by atoms with E-state index in [0.29, 0.717) is 12.2 Å². The number of primary amides is 1. The minimum atomic E-state index is -0.718. The van der Waals surface area contributed by atoms with Crippen molar-refractivity contribution in [2.45, 2.75) is 32.2 Å². The van der Waals surface area contributed by atoms with Crippen LogP contribution in [-0.4, -0.2) is 42.0 Å². The lowest BCUT2D eigenvalue weighted by Crippen LogP contribution is -2.44. The molecule has 0 aliphatic carbocycles. The molecule has 1 saturated heterocycles. The van der Waals surface area contributed by atoms with Gasteiger partial charge in [0.25, 0.3) is 5.91 Å². The van der Waals surface area contributed by atoms with Gasteiger partial charge in [-0.05, 0) is 44.4 Å². The molecule has 2 rings (SSSR count). The number of benzene rings is 1. The molecule has 3 N–H and O–H groups in total. The van der Waals surface area contributed by atoms with Crippen molar-refractivity contribution in [1.29, 1.82) is 0 Å². The fourth-order valence-electron chi connectivity index (χ4n) is 2.63. The minimum absolute atomic E-state index is 0.179. The second kappa shape index (κ2) is 7.62. The first-order valence-electron chi connectivity index (χ1n) is 7.60. The fraction of sp³-hybridized carbons (Fsp3) is 0.438. The third-order valence-corrected chi connectivity index (χ3v) is 3.82. The second-order valence-corrected chi connectivity index (χ2v) is 5.58. The molecule has 7 heteroatoms. The van der Waals surface area contributed by atoms with Crippen molar-refractivity contribution in [3.05, 3.63) is 29.8 Å². The molecule has 3 amide bonds. The first-order chi connectivity index (χ1) is 11.0. The molecule has 0 aromatic heterocycles. The molecular weight excluding hydrogens is 298 g/mol. The van der Waals surface area contributed by atoms with E-state index in [4.69, 9.17) is 10.5 Å². The Morgan fingerprint density at radius 1 is 1.35 bits per heavy atom. The average molecular weight is 319 g/mol. The molecule has 1 aliphatic rings. The highest BCUT2D eigenvalue weighted by Gasteiger charge is 2.24. The Morgan fingerprint density at radius 2 is 2.13 bits per heavy atom. The van der Waals surface area contributed by atoms with Gasteiger partial charge in [0.15, 0.2) is 6.61 Å². The van der Waals surface area contributed by atoms with Crippen LogP contribution in [-0.2, 0) is 9.53 Å². The van der Waals surface area contributed by atoms with Crippen LogP contribution in [0.25, 0.3) is 0 Å². The first-order valence-corrected chi connectivity index (χ1v) is 7.60. The number of nitrogens with one attached hydrogen (secondary N) is 1. The van der Waals surface area contributed by atoms with Crippen molar-refractivity contribution in [1.82, 2.24) is 4.90 Å². The van der Waals surface area contributed by atoms with Gasteiger partial charge in [-0.3, -0.25) is 4.79 Å². The van der Waals surface area contributed by atoms with E-state index < -0.39 is 12.0 Å². The molecule has 1 heterocycles. The summed E-state index contributed by atoms with van der Waals surface area (Å²) in [5, 5.41) is 2.38. The zero-order chi connectivity index (χ0) is 16.8. The Hall–Kier alpha value is -2.57. The van der Waals surface area contributed by atoms with Crippen LogP contribution in [0.4, 0.5) is 10.5 Å². The topological polar surface area (TPSA) is 102 Å². The average Bonchev–Trinajstić information content (AvgIpc) is 2.52. The lowest BCUT2D eigenvalue weighted by Gasteiger charge is -2.33. The van der Waals surface area contributed by atoms with Crippen molar-refractivity contribution in [2.24, 2.45) is 5.73 Å². The van der Waals surface area contributed by atoms with Gasteiger partial charge in [-0.2, -0.15) is 0 Å². The number of piperidine rings is 1. The monoisotopic (exact) mass is 319 g/mol. The molecule has 0 spiro atoms. The quantitative estimate of drug-likeness (QED) is 0.825. The molecule has 0 bridgehead atoms. The number of carbonyl (C=O) groups is 3. The summed E-state index contributed by atoms with van der Waals surface area (Å²) < 4.78 is 5.08. The third kappa shape index (κ3) is 4.70. The summed E-state index contributed by atoms with van der Waals surface area (Å²) in [6.45, 7) is 2.42. The number of nitrogens with two attached hydrogens (primary N) is 1. The van der Waals surface area contributed by atoms with Gasteiger partial charge in [-0.1, -0.05) is 6.07 Å². The number of esters is 1. The number of carbonyl (C=O) groups excluding carboxylic acids is 3. The summed E-state index contributed by atoms with van der Waals surface area (Å²) in [6, 6.07) is 5.64. The van der Waals surface area contributed by atoms with Crippen LogP contribution in [0.2, 0.25) is 0 Å². The maximum atomic E-state index is 12.1. The number of anilines is 1. The van der Waals surface area contributed by atoms with E-state index in [1.165, 1.54) is 6.07 Å². The van der Waals surface area contributed by atoms with Gasteiger partial charge >= 0.3 is 12.0 Å². The van der Waals surface area contributed by atoms with E-state index in [9.17, 15) is 14.4 Å². The van der Waals surface area contributed by atoms with Gasteiger partial charge in [0, 0.05) is 18.3 Å². The largest absolute Gasteiger partial charge is 0.452 e. The zero-order valence-electron chi connectivity index (χ0n) is 13.1. The molecule has 0 saturated carbocycles. The highest BCUT2D eigenvalue weighted by molar-refractivity contribution is 5.94. The first kappa shape index (κ1) is 16.8. The molecule has 1 atom stereocenters. The van der Waals surface area contributed by atoms with Crippen LogP contribution >= 0.6 is 0 Å². The fourth-order valence-corrected chi connectivity index (χ4v) is 2.63. The van der Waals surface area contributed by atoms with E-state index in [0.717, 1.165) is 19.3 Å². The SMILES string of the molecule is C[C@H]1CCCCN1C(=O)COC(=O)c1cccc(NC(N)=O)c1. The minimum Gasteiger partial charge on any atom is -0.452 e. The molecule has 124 valence electrons. The van der Waals surface area contributed by atoms with Crippen LogP contribution in [0.1, 0.15) is 36.5 Å². The van der Waals surface area contributed by atoms with Crippen LogP contribution < -0.4 is 11.1 Å². The Kier molecular flexibility index (Phi) is 5.56. The highest BCUT2D eigenvalue weighted by atomic mass is 16.5. The van der Waals surface area contributed by atoms with Gasteiger partial charge in [0.2, 0.25) is 0 Å². The molecule has 0 unspecified atom stereocenters. The zero-order valence-corrected chi connectivity index (χ0v) is 13.1. The number of ether oxygens (including phenoxy) is 1. The summed E-state index contributed by atoms with van der Waals surface area (Å²) in [4.78, 5) is 36.7. The number of urea groups is 1. The van der Waals surface area contributed by atoms with Crippen LogP contribution in [0, 0.1) is 0 Å². The molecule has 1 fully saturated rings. The number of likely N-dealkylation sites (tertiary alicyclic amines) is 1. The number of rotatable bonds is 4. The number of hydrogen-bond donors (Lipinski definition) is 2. The molecule has 0 radical (unpaired) electrons. The number of hydrogen-bond acceptors (Lipinski definition) is 4. The van der Waals surface area contributed by atoms with Gasteiger partial charge in [-0.25, -0.2) is 9.59 Å². The van der Waals surface area contributed by atoms with Crippen molar-refractivity contribution < 1.29 is 19.1 Å². The standard InChI is InChI=1S/C16H21N3O4/c1-11-5-2-3-8-19(11)14(20)10-23-15(21)12-6-4-7-13(9-12)18-16(17)22/h4,6-7,9,11H,2-3,5,8,10H2,1H3,(H3,17,18,22)/t11-/m0/s1.